The Kier molecular flexibility index (Phi) is 3.44. The van der Waals surface area contributed by atoms with Gasteiger partial charge < -0.3 is 20.3 Å². The molecule has 0 spiro atoms. The summed E-state index contributed by atoms with van der Waals surface area (Å²) in [5, 5.41) is 0. The summed E-state index contributed by atoms with van der Waals surface area (Å²) in [6.45, 7) is 9.41. The van der Waals surface area contributed by atoms with Crippen molar-refractivity contribution in [1.29, 1.82) is 0 Å². The van der Waals surface area contributed by atoms with E-state index in [2.05, 4.69) is 17.0 Å². The standard InChI is InChI=1S/C19H27N3O2/c1-19(2,3)24-18(23)22-10-13-9-21-6-4-5-12-7-14(20)8-15(17(12)21)16(13)11-22/h7-8,13,16H,4-6,9-11,20H2,1-3H3/t13-,16-/m1/s1. The molecule has 0 aromatic heterocycles. The van der Waals surface area contributed by atoms with Crippen LogP contribution in [-0.4, -0.2) is 42.8 Å². The fourth-order valence-corrected chi connectivity index (χ4v) is 4.53. The van der Waals surface area contributed by atoms with Gasteiger partial charge in [0.25, 0.3) is 0 Å². The molecule has 0 saturated carbocycles. The molecule has 0 aliphatic carbocycles. The highest BCUT2D eigenvalue weighted by Crippen LogP contribution is 2.47. The highest BCUT2D eigenvalue weighted by Gasteiger charge is 2.44. The molecule has 0 bridgehead atoms. The maximum atomic E-state index is 12.5. The van der Waals surface area contributed by atoms with Crippen molar-refractivity contribution in [2.45, 2.75) is 45.1 Å². The van der Waals surface area contributed by atoms with Crippen molar-refractivity contribution < 1.29 is 9.53 Å². The molecule has 5 nitrogen and oxygen atoms in total. The molecular weight excluding hydrogens is 302 g/mol. The summed E-state index contributed by atoms with van der Waals surface area (Å²) in [6, 6.07) is 4.26. The van der Waals surface area contributed by atoms with Crippen molar-refractivity contribution in [1.82, 2.24) is 4.90 Å². The van der Waals surface area contributed by atoms with E-state index in [4.69, 9.17) is 10.5 Å². The van der Waals surface area contributed by atoms with Gasteiger partial charge in [-0.1, -0.05) is 0 Å². The second-order valence-electron chi connectivity index (χ2n) is 8.42. The lowest BCUT2D eigenvalue weighted by atomic mass is 9.80. The number of amides is 1. The van der Waals surface area contributed by atoms with E-state index in [-0.39, 0.29) is 6.09 Å². The van der Waals surface area contributed by atoms with Crippen molar-refractivity contribution in [3.05, 3.63) is 23.3 Å². The van der Waals surface area contributed by atoms with Gasteiger partial charge in [-0.05, 0) is 56.9 Å². The summed E-state index contributed by atoms with van der Waals surface area (Å²) < 4.78 is 5.58. The highest BCUT2D eigenvalue weighted by atomic mass is 16.6. The second-order valence-corrected chi connectivity index (χ2v) is 8.42. The smallest absolute Gasteiger partial charge is 0.410 e. The van der Waals surface area contributed by atoms with Gasteiger partial charge in [0, 0.05) is 49.4 Å². The molecule has 1 amide bonds. The summed E-state index contributed by atoms with van der Waals surface area (Å²) >= 11 is 0. The molecule has 3 heterocycles. The van der Waals surface area contributed by atoms with Crippen LogP contribution in [0.2, 0.25) is 0 Å². The third-order valence-electron chi connectivity index (χ3n) is 5.38. The van der Waals surface area contributed by atoms with Crippen molar-refractivity contribution in [2.75, 3.05) is 36.8 Å². The lowest BCUT2D eigenvalue weighted by Gasteiger charge is -2.41. The third kappa shape index (κ3) is 2.60. The Balaban J connectivity index is 1.63. The first-order valence-electron chi connectivity index (χ1n) is 8.97. The van der Waals surface area contributed by atoms with Crippen LogP contribution in [0.25, 0.3) is 0 Å². The number of likely N-dealkylation sites (tertiary alicyclic amines) is 1. The number of carbonyl (C=O) groups is 1. The number of nitrogen functional groups attached to an aromatic ring is 1. The largest absolute Gasteiger partial charge is 0.444 e. The Morgan fingerprint density at radius 1 is 1.25 bits per heavy atom. The number of rotatable bonds is 0. The van der Waals surface area contributed by atoms with Gasteiger partial charge in [0.2, 0.25) is 0 Å². The molecule has 5 heteroatoms. The van der Waals surface area contributed by atoms with E-state index in [0.717, 1.165) is 38.3 Å². The zero-order valence-corrected chi connectivity index (χ0v) is 14.8. The number of aryl methyl sites for hydroxylation is 1. The topological polar surface area (TPSA) is 58.8 Å². The molecule has 1 aromatic carbocycles. The van der Waals surface area contributed by atoms with E-state index in [1.807, 2.05) is 25.7 Å². The van der Waals surface area contributed by atoms with Gasteiger partial charge in [-0.2, -0.15) is 0 Å². The Morgan fingerprint density at radius 2 is 2.04 bits per heavy atom. The van der Waals surface area contributed by atoms with Gasteiger partial charge >= 0.3 is 6.09 Å². The molecule has 1 saturated heterocycles. The van der Waals surface area contributed by atoms with Crippen molar-refractivity contribution in [3.63, 3.8) is 0 Å². The van der Waals surface area contributed by atoms with E-state index in [9.17, 15) is 4.79 Å². The summed E-state index contributed by atoms with van der Waals surface area (Å²) in [4.78, 5) is 16.9. The molecule has 24 heavy (non-hydrogen) atoms. The Morgan fingerprint density at radius 3 is 2.79 bits per heavy atom. The first-order valence-corrected chi connectivity index (χ1v) is 8.97. The minimum atomic E-state index is -0.449. The van der Waals surface area contributed by atoms with Crippen LogP contribution in [0.4, 0.5) is 16.2 Å². The average Bonchev–Trinajstić information content (AvgIpc) is 2.89. The summed E-state index contributed by atoms with van der Waals surface area (Å²) in [7, 11) is 0. The van der Waals surface area contributed by atoms with Crippen LogP contribution in [0.15, 0.2) is 12.1 Å². The minimum Gasteiger partial charge on any atom is -0.444 e. The number of anilines is 2. The van der Waals surface area contributed by atoms with Crippen molar-refractivity contribution >= 4 is 17.5 Å². The van der Waals surface area contributed by atoms with Crippen LogP contribution in [0.3, 0.4) is 0 Å². The molecule has 0 radical (unpaired) electrons. The van der Waals surface area contributed by atoms with Gasteiger partial charge in [0.05, 0.1) is 0 Å². The molecule has 2 N–H and O–H groups in total. The zero-order chi connectivity index (χ0) is 17.1. The van der Waals surface area contributed by atoms with E-state index in [1.165, 1.54) is 23.2 Å². The monoisotopic (exact) mass is 329 g/mol. The van der Waals surface area contributed by atoms with Gasteiger partial charge in [-0.15, -0.1) is 0 Å². The van der Waals surface area contributed by atoms with Crippen LogP contribution < -0.4 is 10.6 Å². The van der Waals surface area contributed by atoms with Crippen LogP contribution in [-0.2, 0) is 11.2 Å². The minimum absolute atomic E-state index is 0.191. The Hall–Kier alpha value is -1.91. The predicted molar refractivity (Wildman–Crippen MR) is 95.4 cm³/mol. The van der Waals surface area contributed by atoms with E-state index in [1.54, 1.807) is 0 Å². The number of benzene rings is 1. The molecular formula is C19H27N3O2. The summed E-state index contributed by atoms with van der Waals surface area (Å²) in [6.07, 6.45) is 2.10. The van der Waals surface area contributed by atoms with Gasteiger partial charge in [0.1, 0.15) is 5.60 Å². The van der Waals surface area contributed by atoms with Crippen LogP contribution in [0.1, 0.15) is 44.2 Å². The first-order chi connectivity index (χ1) is 11.3. The number of ether oxygens (including phenoxy) is 1. The Bertz CT molecular complexity index is 680. The molecule has 3 aliphatic heterocycles. The van der Waals surface area contributed by atoms with Crippen LogP contribution in [0, 0.1) is 5.92 Å². The van der Waals surface area contributed by atoms with Gasteiger partial charge in [-0.3, -0.25) is 0 Å². The summed E-state index contributed by atoms with van der Waals surface area (Å²) in [5.74, 6) is 0.849. The quantitative estimate of drug-likeness (QED) is 0.744. The number of fused-ring (bicyclic) bond motifs is 2. The maximum Gasteiger partial charge on any atom is 0.410 e. The summed E-state index contributed by atoms with van der Waals surface area (Å²) in [5.41, 5.74) is 10.7. The first kappa shape index (κ1) is 15.6. The number of nitrogens with zero attached hydrogens (tertiary/aromatic N) is 2. The molecule has 130 valence electrons. The lowest BCUT2D eigenvalue weighted by molar-refractivity contribution is 0.0287. The Labute approximate surface area is 143 Å². The molecule has 4 rings (SSSR count). The highest BCUT2D eigenvalue weighted by molar-refractivity contribution is 5.72. The van der Waals surface area contributed by atoms with Gasteiger partial charge in [-0.25, -0.2) is 4.79 Å². The number of nitrogens with two attached hydrogens (primary N) is 1. The number of hydrogen-bond donors (Lipinski definition) is 1. The molecule has 1 aromatic rings. The number of carbonyl (C=O) groups excluding carboxylic acids is 1. The van der Waals surface area contributed by atoms with Crippen molar-refractivity contribution in [2.24, 2.45) is 5.92 Å². The second kappa shape index (κ2) is 5.30. The lowest BCUT2D eigenvalue weighted by Crippen LogP contribution is -2.41. The average molecular weight is 329 g/mol. The van der Waals surface area contributed by atoms with E-state index in [0.29, 0.717) is 11.8 Å². The predicted octanol–water partition coefficient (Wildman–Crippen LogP) is 2.99. The van der Waals surface area contributed by atoms with Crippen LogP contribution >= 0.6 is 0 Å². The third-order valence-corrected chi connectivity index (χ3v) is 5.38. The normalized spacial score (nSPS) is 25.3. The number of hydrogen-bond acceptors (Lipinski definition) is 4. The molecule has 1 fully saturated rings. The molecule has 2 atom stereocenters. The molecule has 3 aliphatic rings. The van der Waals surface area contributed by atoms with E-state index >= 15 is 0 Å². The van der Waals surface area contributed by atoms with E-state index < -0.39 is 5.60 Å². The van der Waals surface area contributed by atoms with Crippen molar-refractivity contribution in [3.8, 4) is 0 Å². The van der Waals surface area contributed by atoms with Crippen LogP contribution in [0.5, 0.6) is 0 Å². The maximum absolute atomic E-state index is 12.5. The zero-order valence-electron chi connectivity index (χ0n) is 14.8. The fourth-order valence-electron chi connectivity index (χ4n) is 4.53. The molecule has 0 unspecified atom stereocenters. The SMILES string of the molecule is CC(C)(C)OC(=O)N1C[C@H]2CN3CCCc4cc(N)cc(c43)[C@@H]2C1. The van der Waals surface area contributed by atoms with Gasteiger partial charge in [0.15, 0.2) is 0 Å². The fraction of sp³-hybridized carbons (Fsp3) is 0.632.